The van der Waals surface area contributed by atoms with Crippen molar-refractivity contribution < 1.29 is 19.0 Å². The molecule has 0 N–H and O–H groups in total. The molecule has 0 radical (unpaired) electrons. The summed E-state index contributed by atoms with van der Waals surface area (Å²) in [7, 11) is 1.64. The summed E-state index contributed by atoms with van der Waals surface area (Å²) in [6.07, 6.45) is 2.04. The number of rotatable bonds is 6. The van der Waals surface area contributed by atoms with E-state index in [1.54, 1.807) is 7.11 Å². The van der Waals surface area contributed by atoms with E-state index in [-0.39, 0.29) is 18.6 Å². The molecule has 6 heteroatoms. The molecular formula is C19H28N2O4. The van der Waals surface area contributed by atoms with Gasteiger partial charge in [-0.15, -0.1) is 0 Å². The molecule has 0 bridgehead atoms. The van der Waals surface area contributed by atoms with Crippen molar-refractivity contribution in [1.82, 2.24) is 9.80 Å². The number of nitrogens with zero attached hydrogens (tertiary/aromatic N) is 2. The first-order chi connectivity index (χ1) is 12.2. The van der Waals surface area contributed by atoms with E-state index in [1.165, 1.54) is 0 Å². The lowest BCUT2D eigenvalue weighted by molar-refractivity contribution is -0.137. The summed E-state index contributed by atoms with van der Waals surface area (Å²) in [5.41, 5.74) is 1.12. The van der Waals surface area contributed by atoms with Crippen LogP contribution in [0.15, 0.2) is 12.1 Å². The second kappa shape index (κ2) is 7.95. The molecule has 0 unspecified atom stereocenters. The van der Waals surface area contributed by atoms with Crippen LogP contribution in [0.2, 0.25) is 0 Å². The molecule has 1 aromatic rings. The van der Waals surface area contributed by atoms with Crippen LogP contribution in [-0.2, 0) is 11.3 Å². The number of fused-ring (bicyclic) bond motifs is 1. The van der Waals surface area contributed by atoms with Gasteiger partial charge in [-0.3, -0.25) is 9.69 Å². The molecule has 2 heterocycles. The van der Waals surface area contributed by atoms with E-state index in [2.05, 4.69) is 4.90 Å². The number of hydrogen-bond donors (Lipinski definition) is 0. The molecule has 0 spiro atoms. The van der Waals surface area contributed by atoms with Gasteiger partial charge in [0.05, 0.1) is 13.0 Å². The topological polar surface area (TPSA) is 51.2 Å². The van der Waals surface area contributed by atoms with Crippen LogP contribution in [0.5, 0.6) is 17.2 Å². The molecule has 3 rings (SSSR count). The summed E-state index contributed by atoms with van der Waals surface area (Å²) in [5, 5.41) is 0. The molecule has 0 aromatic heterocycles. The fourth-order valence-electron chi connectivity index (χ4n) is 3.73. The summed E-state index contributed by atoms with van der Waals surface area (Å²) >= 11 is 0. The van der Waals surface area contributed by atoms with Gasteiger partial charge in [0.15, 0.2) is 11.5 Å². The number of likely N-dealkylation sites (tertiary alicyclic amines) is 1. The Kier molecular flexibility index (Phi) is 5.68. The van der Waals surface area contributed by atoms with Crippen molar-refractivity contribution in [3.63, 3.8) is 0 Å². The Morgan fingerprint density at radius 2 is 2.12 bits per heavy atom. The van der Waals surface area contributed by atoms with E-state index in [0.717, 1.165) is 56.9 Å². The van der Waals surface area contributed by atoms with E-state index in [9.17, 15) is 4.79 Å². The van der Waals surface area contributed by atoms with Gasteiger partial charge in [0.2, 0.25) is 18.4 Å². The minimum Gasteiger partial charge on any atom is -0.493 e. The minimum atomic E-state index is 0.101. The number of piperidine rings is 1. The van der Waals surface area contributed by atoms with Crippen LogP contribution in [0.3, 0.4) is 0 Å². The Morgan fingerprint density at radius 1 is 1.32 bits per heavy atom. The number of carbonyl (C=O) groups excluding carboxylic acids is 1. The van der Waals surface area contributed by atoms with Crippen molar-refractivity contribution in [2.45, 2.75) is 33.2 Å². The fourth-order valence-corrected chi connectivity index (χ4v) is 3.73. The largest absolute Gasteiger partial charge is 0.493 e. The van der Waals surface area contributed by atoms with Crippen molar-refractivity contribution in [1.29, 1.82) is 0 Å². The Hall–Kier alpha value is -1.95. The van der Waals surface area contributed by atoms with Gasteiger partial charge >= 0.3 is 0 Å². The average molecular weight is 348 g/mol. The van der Waals surface area contributed by atoms with E-state index < -0.39 is 0 Å². The number of carbonyl (C=O) groups is 1. The first-order valence-electron chi connectivity index (χ1n) is 9.13. The van der Waals surface area contributed by atoms with Gasteiger partial charge in [-0.05, 0) is 50.9 Å². The lowest BCUT2D eigenvalue weighted by atomic mass is 9.96. The highest BCUT2D eigenvalue weighted by atomic mass is 16.7. The molecular weight excluding hydrogens is 320 g/mol. The number of amides is 1. The molecule has 138 valence electrons. The fraction of sp³-hybridized carbons (Fsp3) is 0.632. The highest BCUT2D eigenvalue weighted by molar-refractivity contribution is 5.79. The van der Waals surface area contributed by atoms with Crippen LogP contribution in [0.4, 0.5) is 0 Å². The predicted octanol–water partition coefficient (Wildman–Crippen LogP) is 2.50. The predicted molar refractivity (Wildman–Crippen MR) is 95.0 cm³/mol. The molecule has 2 aliphatic heterocycles. The van der Waals surface area contributed by atoms with Gasteiger partial charge < -0.3 is 19.1 Å². The van der Waals surface area contributed by atoms with E-state index in [1.807, 2.05) is 30.9 Å². The van der Waals surface area contributed by atoms with Gasteiger partial charge in [-0.25, -0.2) is 0 Å². The monoisotopic (exact) mass is 348 g/mol. The molecule has 25 heavy (non-hydrogen) atoms. The summed E-state index contributed by atoms with van der Waals surface area (Å²) in [6.45, 7) is 8.50. The zero-order valence-corrected chi connectivity index (χ0v) is 15.4. The Morgan fingerprint density at radius 3 is 2.84 bits per heavy atom. The average Bonchev–Trinajstić information content (AvgIpc) is 3.10. The van der Waals surface area contributed by atoms with Crippen molar-refractivity contribution in [2.75, 3.05) is 40.1 Å². The molecule has 1 atom stereocenters. The second-order valence-corrected chi connectivity index (χ2v) is 6.62. The maximum absolute atomic E-state index is 12.7. The molecule has 6 nitrogen and oxygen atoms in total. The van der Waals surface area contributed by atoms with E-state index in [4.69, 9.17) is 14.2 Å². The zero-order valence-electron chi connectivity index (χ0n) is 15.4. The zero-order chi connectivity index (χ0) is 17.8. The molecule has 0 aliphatic carbocycles. The lowest BCUT2D eigenvalue weighted by Crippen LogP contribution is -2.44. The highest BCUT2D eigenvalue weighted by Gasteiger charge is 2.29. The molecule has 1 amide bonds. The molecule has 1 aromatic carbocycles. The van der Waals surface area contributed by atoms with Crippen LogP contribution in [0.1, 0.15) is 32.3 Å². The third-order valence-electron chi connectivity index (χ3n) is 5.05. The highest BCUT2D eigenvalue weighted by Crippen LogP contribution is 2.42. The first-order valence-corrected chi connectivity index (χ1v) is 9.13. The summed E-state index contributed by atoms with van der Waals surface area (Å²) in [4.78, 5) is 17.0. The van der Waals surface area contributed by atoms with Gasteiger partial charge in [0.25, 0.3) is 0 Å². The number of methoxy groups -OCH3 is 1. The molecule has 1 fully saturated rings. The van der Waals surface area contributed by atoms with Crippen molar-refractivity contribution in [3.05, 3.63) is 17.7 Å². The Bertz CT molecular complexity index is 616. The lowest BCUT2D eigenvalue weighted by Gasteiger charge is -2.34. The maximum atomic E-state index is 12.7. The van der Waals surface area contributed by atoms with Gasteiger partial charge in [-0.1, -0.05) is 0 Å². The Labute approximate surface area is 149 Å². The molecule has 0 saturated carbocycles. The number of hydrogen-bond acceptors (Lipinski definition) is 5. The third-order valence-corrected chi connectivity index (χ3v) is 5.05. The van der Waals surface area contributed by atoms with E-state index in [0.29, 0.717) is 11.5 Å². The van der Waals surface area contributed by atoms with Crippen LogP contribution < -0.4 is 14.2 Å². The van der Waals surface area contributed by atoms with Crippen LogP contribution in [0, 0.1) is 5.92 Å². The number of benzene rings is 1. The van der Waals surface area contributed by atoms with Crippen molar-refractivity contribution >= 4 is 5.91 Å². The molecule has 1 saturated heterocycles. The van der Waals surface area contributed by atoms with Crippen LogP contribution in [-0.4, -0.2) is 55.8 Å². The van der Waals surface area contributed by atoms with Crippen LogP contribution >= 0.6 is 0 Å². The maximum Gasteiger partial charge on any atom is 0.231 e. The quantitative estimate of drug-likeness (QED) is 0.791. The smallest absolute Gasteiger partial charge is 0.231 e. The molecule has 2 aliphatic rings. The van der Waals surface area contributed by atoms with Gasteiger partial charge in [0.1, 0.15) is 0 Å². The normalized spacial score (nSPS) is 19.7. The minimum absolute atomic E-state index is 0.101. The van der Waals surface area contributed by atoms with Crippen molar-refractivity contribution in [2.24, 2.45) is 5.92 Å². The Balaban J connectivity index is 1.68. The summed E-state index contributed by atoms with van der Waals surface area (Å²) in [6, 6.07) is 4.02. The van der Waals surface area contributed by atoms with Crippen LogP contribution in [0.25, 0.3) is 0 Å². The second-order valence-electron chi connectivity index (χ2n) is 6.62. The summed E-state index contributed by atoms with van der Waals surface area (Å²) in [5.74, 6) is 2.52. The van der Waals surface area contributed by atoms with Gasteiger partial charge in [-0.2, -0.15) is 0 Å². The van der Waals surface area contributed by atoms with Crippen molar-refractivity contribution in [3.8, 4) is 17.2 Å². The standard InChI is InChI=1S/C19H28N2O4/c1-4-21(5-2)19(22)15-7-6-8-20(12-15)11-14-9-16(23-3)18-17(10-14)24-13-25-18/h9-10,15H,4-8,11-13H2,1-3H3/t15-/m1/s1. The third kappa shape index (κ3) is 3.84. The number of ether oxygens (including phenoxy) is 3. The summed E-state index contributed by atoms with van der Waals surface area (Å²) < 4.78 is 16.4. The van der Waals surface area contributed by atoms with E-state index >= 15 is 0 Å². The first kappa shape index (κ1) is 17.9. The van der Waals surface area contributed by atoms with Gasteiger partial charge in [0, 0.05) is 26.2 Å². The SMILES string of the molecule is CCN(CC)C(=O)[C@@H]1CCCN(Cc2cc(OC)c3c(c2)OCO3)C1.